The van der Waals surface area contributed by atoms with Gasteiger partial charge >= 0.3 is 5.97 Å². The van der Waals surface area contributed by atoms with Crippen LogP contribution >= 0.6 is 22.9 Å². The molecule has 1 N–H and O–H groups in total. The number of rotatable bonds is 5. The third-order valence-corrected chi connectivity index (χ3v) is 3.28. The standard InChI is InChI=1S/C12H14ClNO3S/c1-8(7-12(16)17-2)14-11(15)6-4-9-3-5-10(13)18-9/h3-6,8H,7H2,1-2H3,(H,14,15)/b6-4+. The van der Waals surface area contributed by atoms with Gasteiger partial charge in [0.2, 0.25) is 5.91 Å². The average Bonchev–Trinajstić information content (AvgIpc) is 2.72. The van der Waals surface area contributed by atoms with E-state index in [9.17, 15) is 9.59 Å². The van der Waals surface area contributed by atoms with Gasteiger partial charge in [0.25, 0.3) is 0 Å². The molecule has 4 nitrogen and oxygen atoms in total. The van der Waals surface area contributed by atoms with Crippen molar-refractivity contribution in [1.29, 1.82) is 0 Å². The third-order valence-electron chi connectivity index (χ3n) is 2.08. The van der Waals surface area contributed by atoms with Crippen LogP contribution in [-0.2, 0) is 14.3 Å². The van der Waals surface area contributed by atoms with Crippen LogP contribution in [-0.4, -0.2) is 25.0 Å². The van der Waals surface area contributed by atoms with Crippen LogP contribution < -0.4 is 5.32 Å². The van der Waals surface area contributed by atoms with E-state index in [4.69, 9.17) is 11.6 Å². The first-order chi connectivity index (χ1) is 8.51. The average molecular weight is 288 g/mol. The number of ether oxygens (including phenoxy) is 1. The molecule has 1 amide bonds. The van der Waals surface area contributed by atoms with Crippen molar-refractivity contribution in [3.63, 3.8) is 0 Å². The largest absolute Gasteiger partial charge is 0.469 e. The van der Waals surface area contributed by atoms with Crippen LogP contribution in [0.25, 0.3) is 6.08 Å². The van der Waals surface area contributed by atoms with Crippen LogP contribution in [0, 0.1) is 0 Å². The number of esters is 1. The monoisotopic (exact) mass is 287 g/mol. The molecule has 98 valence electrons. The van der Waals surface area contributed by atoms with E-state index in [-0.39, 0.29) is 24.3 Å². The zero-order valence-corrected chi connectivity index (χ0v) is 11.7. The summed E-state index contributed by atoms with van der Waals surface area (Å²) in [5.74, 6) is -0.604. The van der Waals surface area contributed by atoms with E-state index in [1.54, 1.807) is 19.1 Å². The minimum atomic E-state index is -0.350. The van der Waals surface area contributed by atoms with Gasteiger partial charge in [0.05, 0.1) is 17.9 Å². The minimum absolute atomic E-state index is 0.154. The van der Waals surface area contributed by atoms with E-state index in [0.717, 1.165) is 4.88 Å². The molecular formula is C12H14ClNO3S. The number of amides is 1. The summed E-state index contributed by atoms with van der Waals surface area (Å²) in [4.78, 5) is 23.4. The Bertz CT molecular complexity index is 456. The Hall–Kier alpha value is -1.33. The van der Waals surface area contributed by atoms with Crippen molar-refractivity contribution in [1.82, 2.24) is 5.32 Å². The summed E-state index contributed by atoms with van der Waals surface area (Å²) in [6.45, 7) is 1.74. The molecule has 0 aliphatic heterocycles. The highest BCUT2D eigenvalue weighted by molar-refractivity contribution is 7.17. The minimum Gasteiger partial charge on any atom is -0.469 e. The van der Waals surface area contributed by atoms with E-state index < -0.39 is 0 Å². The van der Waals surface area contributed by atoms with Crippen molar-refractivity contribution in [2.45, 2.75) is 19.4 Å². The summed E-state index contributed by atoms with van der Waals surface area (Å²) in [6.07, 6.45) is 3.24. The molecule has 0 fully saturated rings. The van der Waals surface area contributed by atoms with Gasteiger partial charge in [0, 0.05) is 17.0 Å². The Morgan fingerprint density at radius 3 is 2.83 bits per heavy atom. The smallest absolute Gasteiger partial charge is 0.307 e. The van der Waals surface area contributed by atoms with Gasteiger partial charge in [-0.25, -0.2) is 0 Å². The van der Waals surface area contributed by atoms with Crippen molar-refractivity contribution >= 4 is 40.9 Å². The van der Waals surface area contributed by atoms with E-state index in [0.29, 0.717) is 4.34 Å². The summed E-state index contributed by atoms with van der Waals surface area (Å²) in [5, 5.41) is 2.67. The second kappa shape index (κ2) is 7.18. The molecule has 0 bridgehead atoms. The molecular weight excluding hydrogens is 274 g/mol. The molecule has 0 aliphatic carbocycles. The molecule has 1 aromatic rings. The topological polar surface area (TPSA) is 55.4 Å². The summed E-state index contributed by atoms with van der Waals surface area (Å²) < 4.78 is 5.19. The van der Waals surface area contributed by atoms with Crippen molar-refractivity contribution in [2.24, 2.45) is 0 Å². The maximum atomic E-state index is 11.5. The zero-order chi connectivity index (χ0) is 13.5. The first-order valence-corrected chi connectivity index (χ1v) is 6.51. The molecule has 6 heteroatoms. The number of nitrogens with one attached hydrogen (secondary N) is 1. The van der Waals surface area contributed by atoms with Gasteiger partial charge in [-0.1, -0.05) is 11.6 Å². The number of hydrogen-bond acceptors (Lipinski definition) is 4. The molecule has 0 spiro atoms. The molecule has 0 aliphatic rings. The van der Waals surface area contributed by atoms with Gasteiger partial charge in [-0.2, -0.15) is 0 Å². The van der Waals surface area contributed by atoms with Crippen LogP contribution in [0.4, 0.5) is 0 Å². The lowest BCUT2D eigenvalue weighted by molar-refractivity contribution is -0.141. The number of carbonyl (C=O) groups is 2. The normalized spacial score (nSPS) is 12.4. The number of hydrogen-bond donors (Lipinski definition) is 1. The number of methoxy groups -OCH3 is 1. The van der Waals surface area contributed by atoms with Gasteiger partial charge in [-0.3, -0.25) is 9.59 Å². The van der Waals surface area contributed by atoms with Crippen LogP contribution in [0.5, 0.6) is 0 Å². The Kier molecular flexibility index (Phi) is 5.88. The van der Waals surface area contributed by atoms with Gasteiger partial charge in [0.15, 0.2) is 0 Å². The summed E-state index contributed by atoms with van der Waals surface area (Å²) in [7, 11) is 1.32. The molecule has 0 aromatic carbocycles. The van der Waals surface area contributed by atoms with Crippen molar-refractivity contribution in [2.75, 3.05) is 7.11 Å². The lowest BCUT2D eigenvalue weighted by Gasteiger charge is -2.10. The highest BCUT2D eigenvalue weighted by Gasteiger charge is 2.10. The fraction of sp³-hybridized carbons (Fsp3) is 0.333. The molecule has 1 rings (SSSR count). The fourth-order valence-corrected chi connectivity index (χ4v) is 2.21. The Labute approximate surface area is 115 Å². The van der Waals surface area contributed by atoms with E-state index in [2.05, 4.69) is 10.1 Å². The second-order valence-corrected chi connectivity index (χ2v) is 5.41. The number of thiophene rings is 1. The van der Waals surface area contributed by atoms with Crippen molar-refractivity contribution < 1.29 is 14.3 Å². The third kappa shape index (κ3) is 5.33. The molecule has 0 saturated carbocycles. The number of halogens is 1. The van der Waals surface area contributed by atoms with Crippen LogP contribution in [0.3, 0.4) is 0 Å². The fourth-order valence-electron chi connectivity index (χ4n) is 1.25. The van der Waals surface area contributed by atoms with Crippen LogP contribution in [0.15, 0.2) is 18.2 Å². The summed E-state index contributed by atoms with van der Waals surface area (Å²) in [6, 6.07) is 3.33. The van der Waals surface area contributed by atoms with Gasteiger partial charge in [-0.05, 0) is 25.1 Å². The Morgan fingerprint density at radius 2 is 2.28 bits per heavy atom. The highest BCUT2D eigenvalue weighted by atomic mass is 35.5. The van der Waals surface area contributed by atoms with Gasteiger partial charge in [-0.15, -0.1) is 11.3 Å². The lowest BCUT2D eigenvalue weighted by atomic mass is 10.2. The molecule has 1 unspecified atom stereocenters. The maximum absolute atomic E-state index is 11.5. The van der Waals surface area contributed by atoms with Gasteiger partial charge < -0.3 is 10.1 Å². The molecule has 1 atom stereocenters. The van der Waals surface area contributed by atoms with Gasteiger partial charge in [0.1, 0.15) is 0 Å². The highest BCUT2D eigenvalue weighted by Crippen LogP contribution is 2.22. The molecule has 0 radical (unpaired) electrons. The Balaban J connectivity index is 2.41. The van der Waals surface area contributed by atoms with Crippen molar-refractivity contribution in [3.05, 3.63) is 27.4 Å². The quantitative estimate of drug-likeness (QED) is 0.669. The number of carbonyl (C=O) groups excluding carboxylic acids is 2. The maximum Gasteiger partial charge on any atom is 0.307 e. The van der Waals surface area contributed by atoms with Crippen LogP contribution in [0.2, 0.25) is 4.34 Å². The Morgan fingerprint density at radius 1 is 1.56 bits per heavy atom. The summed E-state index contributed by atoms with van der Waals surface area (Å²) >= 11 is 7.15. The first-order valence-electron chi connectivity index (χ1n) is 5.32. The SMILES string of the molecule is COC(=O)CC(C)NC(=O)/C=C/c1ccc(Cl)s1. The van der Waals surface area contributed by atoms with E-state index in [1.807, 2.05) is 6.07 Å². The molecule has 1 aromatic heterocycles. The molecule has 0 saturated heterocycles. The summed E-state index contributed by atoms with van der Waals surface area (Å²) in [5.41, 5.74) is 0. The zero-order valence-electron chi connectivity index (χ0n) is 10.1. The first kappa shape index (κ1) is 14.7. The molecule has 1 heterocycles. The lowest BCUT2D eigenvalue weighted by Crippen LogP contribution is -2.33. The molecule has 18 heavy (non-hydrogen) atoms. The van der Waals surface area contributed by atoms with E-state index in [1.165, 1.54) is 24.5 Å². The second-order valence-electron chi connectivity index (χ2n) is 3.67. The van der Waals surface area contributed by atoms with Crippen molar-refractivity contribution in [3.8, 4) is 0 Å². The predicted molar refractivity (Wildman–Crippen MR) is 72.6 cm³/mol. The van der Waals surface area contributed by atoms with Crippen LogP contribution in [0.1, 0.15) is 18.2 Å². The predicted octanol–water partition coefficient (Wildman–Crippen LogP) is 2.48. The van der Waals surface area contributed by atoms with E-state index >= 15 is 0 Å².